The van der Waals surface area contributed by atoms with Crippen LogP contribution in [-0.4, -0.2) is 35.6 Å². The van der Waals surface area contributed by atoms with Crippen molar-refractivity contribution in [3.05, 3.63) is 34.6 Å². The van der Waals surface area contributed by atoms with Gasteiger partial charge in [0.2, 0.25) is 0 Å². The van der Waals surface area contributed by atoms with Crippen molar-refractivity contribution in [3.63, 3.8) is 0 Å². The van der Waals surface area contributed by atoms with Crippen molar-refractivity contribution in [2.75, 3.05) is 19.7 Å². The molecule has 1 N–H and O–H groups in total. The number of aliphatic hydroxyl groups excluding tert-OH is 1. The lowest BCUT2D eigenvalue weighted by Gasteiger charge is -2.32. The van der Waals surface area contributed by atoms with Gasteiger partial charge in [0.15, 0.2) is 0 Å². The Balaban J connectivity index is 2.10. The third kappa shape index (κ3) is 3.45. The highest BCUT2D eigenvalue weighted by molar-refractivity contribution is 6.30. The van der Waals surface area contributed by atoms with Crippen LogP contribution in [0.4, 0.5) is 4.39 Å². The summed E-state index contributed by atoms with van der Waals surface area (Å²) in [5.41, 5.74) is 0.0639. The maximum Gasteiger partial charge on any atom is 0.256 e. The van der Waals surface area contributed by atoms with E-state index in [1.807, 2.05) is 0 Å². The van der Waals surface area contributed by atoms with E-state index in [2.05, 4.69) is 0 Å². The molecule has 3 nitrogen and oxygen atoms in total. The molecule has 0 bridgehead atoms. The summed E-state index contributed by atoms with van der Waals surface area (Å²) in [7, 11) is 0. The first kappa shape index (κ1) is 14.3. The molecule has 19 heavy (non-hydrogen) atoms. The molecule has 1 saturated heterocycles. The summed E-state index contributed by atoms with van der Waals surface area (Å²) < 4.78 is 13.7. The predicted octanol–water partition coefficient (Wildman–Crippen LogP) is 2.71. The average molecular weight is 286 g/mol. The molecule has 5 heteroatoms. The lowest BCUT2D eigenvalue weighted by atomic mass is 9.94. The van der Waals surface area contributed by atoms with E-state index in [1.165, 1.54) is 12.1 Å². The summed E-state index contributed by atoms with van der Waals surface area (Å²) in [4.78, 5) is 13.9. The molecule has 0 spiro atoms. The number of piperidine rings is 1. The molecule has 0 radical (unpaired) electrons. The van der Waals surface area contributed by atoms with E-state index >= 15 is 0 Å². The molecule has 0 aromatic heterocycles. The Morgan fingerprint density at radius 2 is 2.32 bits per heavy atom. The molecule has 104 valence electrons. The van der Waals surface area contributed by atoms with E-state index in [0.29, 0.717) is 25.4 Å². The number of amides is 1. The minimum atomic E-state index is -0.582. The lowest BCUT2D eigenvalue weighted by molar-refractivity contribution is 0.0649. The monoisotopic (exact) mass is 285 g/mol. The number of hydrogen-bond donors (Lipinski definition) is 1. The molecule has 1 aliphatic rings. The largest absolute Gasteiger partial charge is 0.396 e. The van der Waals surface area contributed by atoms with E-state index in [0.717, 1.165) is 18.9 Å². The van der Waals surface area contributed by atoms with Gasteiger partial charge in [-0.15, -0.1) is 0 Å². The van der Waals surface area contributed by atoms with Gasteiger partial charge in [0.1, 0.15) is 5.82 Å². The highest BCUT2D eigenvalue weighted by Gasteiger charge is 2.25. The second kappa shape index (κ2) is 6.35. The number of carbonyl (C=O) groups excluding carboxylic acids is 1. The summed E-state index contributed by atoms with van der Waals surface area (Å²) in [5.74, 6) is -0.573. The Morgan fingerprint density at radius 3 is 3.00 bits per heavy atom. The van der Waals surface area contributed by atoms with Crippen LogP contribution < -0.4 is 0 Å². The van der Waals surface area contributed by atoms with Crippen molar-refractivity contribution < 1.29 is 14.3 Å². The smallest absolute Gasteiger partial charge is 0.256 e. The Morgan fingerprint density at radius 1 is 1.53 bits per heavy atom. The SMILES string of the molecule is O=C(c1ccc(Cl)cc1F)N1CCCC(CCO)C1. The number of halogens is 2. The summed E-state index contributed by atoms with van der Waals surface area (Å²) in [5, 5.41) is 9.24. The second-order valence-electron chi connectivity index (χ2n) is 4.90. The van der Waals surface area contributed by atoms with Gasteiger partial charge in [-0.25, -0.2) is 4.39 Å². The minimum absolute atomic E-state index is 0.0639. The molecule has 1 aromatic rings. The van der Waals surface area contributed by atoms with Gasteiger partial charge in [0.05, 0.1) is 5.56 Å². The van der Waals surface area contributed by atoms with Crippen LogP contribution in [0.1, 0.15) is 29.6 Å². The maximum atomic E-state index is 13.7. The van der Waals surface area contributed by atoms with Gasteiger partial charge in [0, 0.05) is 24.7 Å². The zero-order valence-corrected chi connectivity index (χ0v) is 11.4. The van der Waals surface area contributed by atoms with E-state index in [-0.39, 0.29) is 23.1 Å². The lowest BCUT2D eigenvalue weighted by Crippen LogP contribution is -2.40. The quantitative estimate of drug-likeness (QED) is 0.928. The first-order chi connectivity index (χ1) is 9.11. The Hall–Kier alpha value is -1.13. The number of nitrogens with zero attached hydrogens (tertiary/aromatic N) is 1. The molecule has 1 atom stereocenters. The fourth-order valence-electron chi connectivity index (χ4n) is 2.50. The van der Waals surface area contributed by atoms with Gasteiger partial charge in [0.25, 0.3) is 5.91 Å². The van der Waals surface area contributed by atoms with Crippen molar-refractivity contribution >= 4 is 17.5 Å². The van der Waals surface area contributed by atoms with Gasteiger partial charge in [-0.2, -0.15) is 0 Å². The highest BCUT2D eigenvalue weighted by atomic mass is 35.5. The van der Waals surface area contributed by atoms with E-state index in [1.54, 1.807) is 4.90 Å². The van der Waals surface area contributed by atoms with Crippen LogP contribution in [0.25, 0.3) is 0 Å². The predicted molar refractivity (Wildman–Crippen MR) is 71.7 cm³/mol. The standard InChI is InChI=1S/C14H17ClFNO2/c15-11-3-4-12(13(16)8-11)14(19)17-6-1-2-10(9-17)5-7-18/h3-4,8,10,18H,1-2,5-7,9H2. The van der Waals surface area contributed by atoms with Crippen LogP contribution in [0.5, 0.6) is 0 Å². The summed E-state index contributed by atoms with van der Waals surface area (Å²) in [6, 6.07) is 4.10. The van der Waals surface area contributed by atoms with Gasteiger partial charge >= 0.3 is 0 Å². The van der Waals surface area contributed by atoms with Crippen LogP contribution in [0.2, 0.25) is 5.02 Å². The van der Waals surface area contributed by atoms with Crippen molar-refractivity contribution in [1.29, 1.82) is 0 Å². The van der Waals surface area contributed by atoms with Gasteiger partial charge < -0.3 is 10.0 Å². The molecular formula is C14H17ClFNO2. The van der Waals surface area contributed by atoms with E-state index < -0.39 is 5.82 Å². The molecule has 0 saturated carbocycles. The summed E-state index contributed by atoms with van der Waals surface area (Å²) in [6.45, 7) is 1.35. The average Bonchev–Trinajstić information content (AvgIpc) is 2.39. The molecule has 1 amide bonds. The molecule has 1 aromatic carbocycles. The van der Waals surface area contributed by atoms with Crippen LogP contribution in [0, 0.1) is 11.7 Å². The molecule has 1 heterocycles. The number of benzene rings is 1. The third-order valence-corrected chi connectivity index (χ3v) is 3.74. The topological polar surface area (TPSA) is 40.5 Å². The number of carbonyl (C=O) groups is 1. The second-order valence-corrected chi connectivity index (χ2v) is 5.33. The third-order valence-electron chi connectivity index (χ3n) is 3.51. The van der Waals surface area contributed by atoms with Crippen LogP contribution in [0.3, 0.4) is 0 Å². The van der Waals surface area contributed by atoms with Crippen molar-refractivity contribution in [3.8, 4) is 0 Å². The van der Waals surface area contributed by atoms with Gasteiger partial charge in [-0.05, 0) is 43.4 Å². The Labute approximate surface area is 117 Å². The fraction of sp³-hybridized carbons (Fsp3) is 0.500. The zero-order chi connectivity index (χ0) is 13.8. The van der Waals surface area contributed by atoms with Crippen molar-refractivity contribution in [2.45, 2.75) is 19.3 Å². The van der Waals surface area contributed by atoms with E-state index in [9.17, 15) is 9.18 Å². The normalized spacial score (nSPS) is 19.5. The van der Waals surface area contributed by atoms with Crippen LogP contribution >= 0.6 is 11.6 Å². The highest BCUT2D eigenvalue weighted by Crippen LogP contribution is 2.22. The maximum absolute atomic E-state index is 13.7. The summed E-state index contributed by atoms with van der Waals surface area (Å²) >= 11 is 5.68. The molecule has 1 aliphatic heterocycles. The summed E-state index contributed by atoms with van der Waals surface area (Å²) in [6.07, 6.45) is 2.59. The molecule has 1 unspecified atom stereocenters. The molecule has 1 fully saturated rings. The Kier molecular flexibility index (Phi) is 4.77. The molecule has 2 rings (SSSR count). The van der Waals surface area contributed by atoms with Crippen LogP contribution in [0.15, 0.2) is 18.2 Å². The van der Waals surface area contributed by atoms with Crippen molar-refractivity contribution in [1.82, 2.24) is 4.90 Å². The van der Waals surface area contributed by atoms with Crippen LogP contribution in [-0.2, 0) is 0 Å². The first-order valence-electron chi connectivity index (χ1n) is 6.47. The number of aliphatic hydroxyl groups is 1. The number of hydrogen-bond acceptors (Lipinski definition) is 2. The van der Waals surface area contributed by atoms with Gasteiger partial charge in [-0.3, -0.25) is 4.79 Å². The number of rotatable bonds is 3. The molecule has 0 aliphatic carbocycles. The molecular weight excluding hydrogens is 269 g/mol. The minimum Gasteiger partial charge on any atom is -0.396 e. The van der Waals surface area contributed by atoms with Crippen molar-refractivity contribution in [2.24, 2.45) is 5.92 Å². The first-order valence-corrected chi connectivity index (χ1v) is 6.85. The zero-order valence-electron chi connectivity index (χ0n) is 10.6. The number of likely N-dealkylation sites (tertiary alicyclic amines) is 1. The Bertz CT molecular complexity index is 465. The fourth-order valence-corrected chi connectivity index (χ4v) is 2.66. The van der Waals surface area contributed by atoms with E-state index in [4.69, 9.17) is 16.7 Å². The van der Waals surface area contributed by atoms with Gasteiger partial charge in [-0.1, -0.05) is 11.6 Å².